The number of hydrogen-bond acceptors (Lipinski definition) is 3. The van der Waals surface area contributed by atoms with Crippen molar-refractivity contribution in [2.24, 2.45) is 0 Å². The van der Waals surface area contributed by atoms with Crippen LogP contribution in [0.4, 0.5) is 0 Å². The molecule has 0 saturated carbocycles. The fraction of sp³-hybridized carbons (Fsp3) is 0.600. The monoisotopic (exact) mass is 317 g/mol. The molecule has 20 heavy (non-hydrogen) atoms. The predicted molar refractivity (Wildman–Crippen MR) is 86.3 cm³/mol. The van der Waals surface area contributed by atoms with Crippen LogP contribution in [-0.2, 0) is 9.84 Å². The van der Waals surface area contributed by atoms with E-state index < -0.39 is 14.6 Å². The smallest absolute Gasteiger partial charge is 0.154 e. The molecular weight excluding hydrogens is 294 g/mol. The van der Waals surface area contributed by atoms with E-state index in [-0.39, 0.29) is 6.04 Å². The molecule has 1 aromatic rings. The minimum Gasteiger partial charge on any atom is -0.309 e. The zero-order chi connectivity index (χ0) is 15.7. The van der Waals surface area contributed by atoms with Crippen LogP contribution in [0.1, 0.15) is 43.5 Å². The third kappa shape index (κ3) is 3.35. The van der Waals surface area contributed by atoms with Crippen LogP contribution in [-0.4, -0.2) is 26.0 Å². The number of rotatable bonds is 5. The number of halogens is 1. The Hall–Kier alpha value is -0.580. The summed E-state index contributed by atoms with van der Waals surface area (Å²) in [6, 6.07) is 3.54. The van der Waals surface area contributed by atoms with Gasteiger partial charge in [0.05, 0.1) is 10.8 Å². The van der Waals surface area contributed by atoms with E-state index in [0.717, 1.165) is 16.7 Å². The first kappa shape index (κ1) is 17.5. The van der Waals surface area contributed by atoms with Gasteiger partial charge in [0.25, 0.3) is 0 Å². The molecule has 0 aliphatic heterocycles. The summed E-state index contributed by atoms with van der Waals surface area (Å²) in [5, 5.41) is 3.88. The molecule has 114 valence electrons. The van der Waals surface area contributed by atoms with Crippen LogP contribution in [0.3, 0.4) is 0 Å². The highest BCUT2D eigenvalue weighted by Gasteiger charge is 2.40. The summed E-state index contributed by atoms with van der Waals surface area (Å²) in [4.78, 5) is 0. The van der Waals surface area contributed by atoms with E-state index in [4.69, 9.17) is 11.6 Å². The second kappa shape index (κ2) is 6.04. The first-order chi connectivity index (χ1) is 9.02. The third-order valence-corrected chi connectivity index (χ3v) is 6.46. The van der Waals surface area contributed by atoms with Gasteiger partial charge in [-0.05, 0) is 57.0 Å². The first-order valence-electron chi connectivity index (χ1n) is 6.72. The summed E-state index contributed by atoms with van der Waals surface area (Å²) in [7, 11) is -3.23. The normalized spacial score (nSPS) is 14.3. The quantitative estimate of drug-likeness (QED) is 0.905. The maximum atomic E-state index is 12.1. The van der Waals surface area contributed by atoms with Gasteiger partial charge in [0.15, 0.2) is 9.84 Å². The average Bonchev–Trinajstić information content (AvgIpc) is 2.29. The van der Waals surface area contributed by atoms with Gasteiger partial charge < -0.3 is 5.32 Å². The molecule has 0 aliphatic rings. The molecule has 1 aromatic carbocycles. The van der Waals surface area contributed by atoms with Crippen molar-refractivity contribution >= 4 is 21.4 Å². The Labute approximate surface area is 127 Å². The summed E-state index contributed by atoms with van der Waals surface area (Å²) in [6.07, 6.45) is 1.27. The van der Waals surface area contributed by atoms with Crippen molar-refractivity contribution in [1.82, 2.24) is 5.32 Å². The molecule has 0 amide bonds. The molecule has 0 aliphatic carbocycles. The van der Waals surface area contributed by atoms with Crippen LogP contribution < -0.4 is 5.32 Å². The summed E-state index contributed by atoms with van der Waals surface area (Å²) in [6.45, 7) is 10.1. The largest absolute Gasteiger partial charge is 0.309 e. The predicted octanol–water partition coefficient (Wildman–Crippen LogP) is 3.43. The summed E-state index contributed by atoms with van der Waals surface area (Å²) >= 11 is 6.35. The van der Waals surface area contributed by atoms with Gasteiger partial charge in [-0.2, -0.15) is 0 Å². The molecule has 0 aromatic heterocycles. The van der Waals surface area contributed by atoms with E-state index in [1.165, 1.54) is 6.26 Å². The number of benzene rings is 1. The van der Waals surface area contributed by atoms with Crippen LogP contribution in [0.25, 0.3) is 0 Å². The summed E-state index contributed by atoms with van der Waals surface area (Å²) < 4.78 is 23.3. The van der Waals surface area contributed by atoms with Crippen LogP contribution in [0.2, 0.25) is 5.02 Å². The molecule has 0 spiro atoms. The molecule has 1 N–H and O–H groups in total. The van der Waals surface area contributed by atoms with E-state index in [9.17, 15) is 8.42 Å². The van der Waals surface area contributed by atoms with Gasteiger partial charge in [-0.25, -0.2) is 8.42 Å². The Morgan fingerprint density at radius 1 is 1.25 bits per heavy atom. The second-order valence-corrected chi connectivity index (χ2v) is 8.83. The highest BCUT2D eigenvalue weighted by Crippen LogP contribution is 2.36. The Morgan fingerprint density at radius 2 is 1.75 bits per heavy atom. The maximum Gasteiger partial charge on any atom is 0.154 e. The Morgan fingerprint density at radius 3 is 2.20 bits per heavy atom. The van der Waals surface area contributed by atoms with Crippen LogP contribution in [0.5, 0.6) is 0 Å². The van der Waals surface area contributed by atoms with Crippen molar-refractivity contribution in [1.29, 1.82) is 0 Å². The van der Waals surface area contributed by atoms with Gasteiger partial charge in [-0.15, -0.1) is 0 Å². The van der Waals surface area contributed by atoms with Crippen molar-refractivity contribution in [3.63, 3.8) is 0 Å². The second-order valence-electron chi connectivity index (χ2n) is 5.82. The van der Waals surface area contributed by atoms with Gasteiger partial charge >= 0.3 is 0 Å². The van der Waals surface area contributed by atoms with Crippen molar-refractivity contribution in [3.8, 4) is 0 Å². The molecule has 0 bridgehead atoms. The van der Waals surface area contributed by atoms with E-state index >= 15 is 0 Å². The highest BCUT2D eigenvalue weighted by molar-refractivity contribution is 7.92. The van der Waals surface area contributed by atoms with Crippen LogP contribution >= 0.6 is 11.6 Å². The van der Waals surface area contributed by atoms with Gasteiger partial charge in [-0.1, -0.05) is 24.6 Å². The molecule has 0 fully saturated rings. The lowest BCUT2D eigenvalue weighted by Gasteiger charge is -2.34. The molecular formula is C15H24ClNO2S. The first-order valence-corrected chi connectivity index (χ1v) is 8.99. The summed E-state index contributed by atoms with van der Waals surface area (Å²) in [5.41, 5.74) is 3.05. The van der Waals surface area contributed by atoms with E-state index in [1.54, 1.807) is 13.8 Å². The van der Waals surface area contributed by atoms with Gasteiger partial charge in [0.2, 0.25) is 0 Å². The van der Waals surface area contributed by atoms with Gasteiger partial charge in [0.1, 0.15) is 0 Å². The summed E-state index contributed by atoms with van der Waals surface area (Å²) in [5.74, 6) is 0. The molecule has 1 rings (SSSR count). The standard InChI is InChI=1S/C15H24ClNO2S/c1-7-17-14(15(4,5)20(6,18)19)12-8-10(2)11(3)9-13(12)16/h8-9,14,17H,7H2,1-6H3. The highest BCUT2D eigenvalue weighted by atomic mass is 35.5. The lowest BCUT2D eigenvalue weighted by Crippen LogP contribution is -2.45. The molecule has 3 nitrogen and oxygen atoms in total. The Balaban J connectivity index is 3.46. The van der Waals surface area contributed by atoms with E-state index in [0.29, 0.717) is 11.6 Å². The van der Waals surface area contributed by atoms with E-state index in [2.05, 4.69) is 5.32 Å². The van der Waals surface area contributed by atoms with Crippen LogP contribution in [0.15, 0.2) is 12.1 Å². The lowest BCUT2D eigenvalue weighted by atomic mass is 9.92. The van der Waals surface area contributed by atoms with Crippen molar-refractivity contribution in [2.75, 3.05) is 12.8 Å². The molecule has 0 heterocycles. The Kier molecular flexibility index (Phi) is 5.28. The molecule has 1 atom stereocenters. The SMILES string of the molecule is CCNC(c1cc(C)c(C)cc1Cl)C(C)(C)S(C)(=O)=O. The minimum atomic E-state index is -3.23. The molecule has 0 radical (unpaired) electrons. The maximum absolute atomic E-state index is 12.1. The fourth-order valence-electron chi connectivity index (χ4n) is 2.17. The number of aryl methyl sites for hydroxylation is 2. The number of hydrogen-bond donors (Lipinski definition) is 1. The molecule has 0 saturated heterocycles. The Bertz CT molecular complexity index is 594. The minimum absolute atomic E-state index is 0.339. The molecule has 5 heteroatoms. The fourth-order valence-corrected chi connectivity index (χ4v) is 3.14. The zero-order valence-corrected chi connectivity index (χ0v) is 14.6. The topological polar surface area (TPSA) is 46.2 Å². The average molecular weight is 318 g/mol. The third-order valence-electron chi connectivity index (χ3n) is 3.98. The van der Waals surface area contributed by atoms with Gasteiger partial charge in [0, 0.05) is 11.3 Å². The van der Waals surface area contributed by atoms with Crippen molar-refractivity contribution in [2.45, 2.75) is 45.4 Å². The van der Waals surface area contributed by atoms with Crippen molar-refractivity contribution < 1.29 is 8.42 Å². The zero-order valence-electron chi connectivity index (χ0n) is 13.0. The van der Waals surface area contributed by atoms with Crippen LogP contribution in [0, 0.1) is 13.8 Å². The number of sulfone groups is 1. The number of nitrogens with one attached hydrogen (secondary N) is 1. The molecule has 1 unspecified atom stereocenters. The van der Waals surface area contributed by atoms with Crippen molar-refractivity contribution in [3.05, 3.63) is 33.8 Å². The lowest BCUT2D eigenvalue weighted by molar-refractivity contribution is 0.428. The van der Waals surface area contributed by atoms with E-state index in [1.807, 2.05) is 32.9 Å². The van der Waals surface area contributed by atoms with Gasteiger partial charge in [-0.3, -0.25) is 0 Å².